The minimum Gasteiger partial charge on any atom is -0.329 e. The van der Waals surface area contributed by atoms with Crippen molar-refractivity contribution in [3.63, 3.8) is 0 Å². The van der Waals surface area contributed by atoms with Crippen LogP contribution in [0.1, 0.15) is 36.9 Å². The molecule has 100 valence electrons. The lowest BCUT2D eigenvalue weighted by molar-refractivity contribution is 0.239. The highest BCUT2D eigenvalue weighted by Crippen LogP contribution is 2.30. The van der Waals surface area contributed by atoms with Gasteiger partial charge in [-0.2, -0.15) is 0 Å². The molecule has 0 aliphatic carbocycles. The van der Waals surface area contributed by atoms with Gasteiger partial charge in [0.05, 0.1) is 0 Å². The van der Waals surface area contributed by atoms with Crippen molar-refractivity contribution in [1.82, 2.24) is 4.90 Å². The van der Waals surface area contributed by atoms with E-state index in [0.29, 0.717) is 6.54 Å². The van der Waals surface area contributed by atoms with Gasteiger partial charge in [0.2, 0.25) is 0 Å². The van der Waals surface area contributed by atoms with Crippen LogP contribution in [0.25, 0.3) is 0 Å². The lowest BCUT2D eigenvalue weighted by Crippen LogP contribution is -2.32. The van der Waals surface area contributed by atoms with Gasteiger partial charge in [0.25, 0.3) is 0 Å². The summed E-state index contributed by atoms with van der Waals surface area (Å²) >= 11 is 0. The van der Waals surface area contributed by atoms with Gasteiger partial charge in [-0.15, -0.1) is 0 Å². The number of nitrogens with two attached hydrogens (primary N) is 1. The molecule has 2 unspecified atom stereocenters. The minimum atomic E-state index is -0.166. The number of benzene rings is 1. The first-order chi connectivity index (χ1) is 8.65. The molecule has 1 aliphatic heterocycles. The Balaban J connectivity index is 2.20. The van der Waals surface area contributed by atoms with Gasteiger partial charge in [-0.3, -0.25) is 4.90 Å². The molecule has 1 aromatic carbocycles. The Kier molecular flexibility index (Phi) is 4.36. The molecule has 2 nitrogen and oxygen atoms in total. The van der Waals surface area contributed by atoms with Gasteiger partial charge >= 0.3 is 0 Å². The van der Waals surface area contributed by atoms with Crippen LogP contribution in [0.15, 0.2) is 18.2 Å². The minimum absolute atomic E-state index is 0.164. The Bertz CT molecular complexity index is 405. The van der Waals surface area contributed by atoms with E-state index in [1.54, 1.807) is 6.07 Å². The van der Waals surface area contributed by atoms with Crippen LogP contribution in [-0.4, -0.2) is 24.5 Å². The van der Waals surface area contributed by atoms with Gasteiger partial charge < -0.3 is 5.73 Å². The first-order valence-corrected chi connectivity index (χ1v) is 6.85. The maximum absolute atomic E-state index is 13.4. The van der Waals surface area contributed by atoms with Crippen LogP contribution in [-0.2, 0) is 0 Å². The Morgan fingerprint density at radius 3 is 2.89 bits per heavy atom. The molecule has 0 spiro atoms. The first-order valence-electron chi connectivity index (χ1n) is 6.85. The summed E-state index contributed by atoms with van der Waals surface area (Å²) in [7, 11) is 0. The topological polar surface area (TPSA) is 29.3 Å². The summed E-state index contributed by atoms with van der Waals surface area (Å²) in [6.07, 6.45) is 2.46. The Labute approximate surface area is 109 Å². The SMILES string of the molecule is CCC1CCN(C(CN)c2cc(F)ccc2C)C1. The van der Waals surface area contributed by atoms with E-state index in [0.717, 1.165) is 30.1 Å². The highest BCUT2D eigenvalue weighted by Gasteiger charge is 2.28. The lowest BCUT2D eigenvalue weighted by atomic mass is 10.00. The Hall–Kier alpha value is -0.930. The molecule has 0 amide bonds. The smallest absolute Gasteiger partial charge is 0.123 e. The number of aryl methyl sites for hydroxylation is 1. The van der Waals surface area contributed by atoms with E-state index in [1.807, 2.05) is 13.0 Å². The third-order valence-corrected chi connectivity index (χ3v) is 4.16. The van der Waals surface area contributed by atoms with E-state index in [4.69, 9.17) is 5.73 Å². The van der Waals surface area contributed by atoms with Crippen molar-refractivity contribution < 1.29 is 4.39 Å². The third-order valence-electron chi connectivity index (χ3n) is 4.16. The summed E-state index contributed by atoms with van der Waals surface area (Å²) in [6.45, 7) is 7.00. The average molecular weight is 250 g/mol. The summed E-state index contributed by atoms with van der Waals surface area (Å²) in [5.74, 6) is 0.605. The van der Waals surface area contributed by atoms with Crippen molar-refractivity contribution in [2.75, 3.05) is 19.6 Å². The van der Waals surface area contributed by atoms with Crippen molar-refractivity contribution >= 4 is 0 Å². The summed E-state index contributed by atoms with van der Waals surface area (Å²) in [5.41, 5.74) is 8.11. The largest absolute Gasteiger partial charge is 0.329 e. The van der Waals surface area contributed by atoms with Crippen molar-refractivity contribution in [2.45, 2.75) is 32.7 Å². The zero-order valence-corrected chi connectivity index (χ0v) is 11.3. The number of hydrogen-bond donors (Lipinski definition) is 1. The molecule has 1 aromatic rings. The molecule has 18 heavy (non-hydrogen) atoms. The summed E-state index contributed by atoms with van der Waals surface area (Å²) < 4.78 is 13.4. The normalized spacial score (nSPS) is 22.3. The number of rotatable bonds is 4. The molecule has 0 aromatic heterocycles. The van der Waals surface area contributed by atoms with Gasteiger partial charge in [-0.25, -0.2) is 4.39 Å². The number of halogens is 1. The second-order valence-corrected chi connectivity index (χ2v) is 5.31. The van der Waals surface area contributed by atoms with E-state index in [9.17, 15) is 4.39 Å². The molecule has 1 saturated heterocycles. The number of hydrogen-bond acceptors (Lipinski definition) is 2. The molecule has 2 rings (SSSR count). The van der Waals surface area contributed by atoms with E-state index in [2.05, 4.69) is 11.8 Å². The van der Waals surface area contributed by atoms with E-state index < -0.39 is 0 Å². The fraction of sp³-hybridized carbons (Fsp3) is 0.600. The molecular weight excluding hydrogens is 227 g/mol. The van der Waals surface area contributed by atoms with Gasteiger partial charge in [0, 0.05) is 19.1 Å². The molecule has 2 N–H and O–H groups in total. The van der Waals surface area contributed by atoms with Gasteiger partial charge in [-0.05, 0) is 49.1 Å². The van der Waals surface area contributed by atoms with E-state index >= 15 is 0 Å². The molecular formula is C15H23FN2. The fourth-order valence-corrected chi connectivity index (χ4v) is 2.92. The monoisotopic (exact) mass is 250 g/mol. The van der Waals surface area contributed by atoms with Crippen molar-refractivity contribution in [3.05, 3.63) is 35.1 Å². The van der Waals surface area contributed by atoms with Crippen molar-refractivity contribution in [3.8, 4) is 0 Å². The quantitative estimate of drug-likeness (QED) is 0.890. The summed E-state index contributed by atoms with van der Waals surface area (Å²) in [6, 6.07) is 5.18. The predicted octanol–water partition coefficient (Wildman–Crippen LogP) is 2.87. The van der Waals surface area contributed by atoms with Crippen LogP contribution in [0.5, 0.6) is 0 Å². The molecule has 0 radical (unpaired) electrons. The van der Waals surface area contributed by atoms with Crippen LogP contribution in [0.3, 0.4) is 0 Å². The summed E-state index contributed by atoms with van der Waals surface area (Å²) in [4.78, 5) is 2.41. The van der Waals surface area contributed by atoms with Crippen LogP contribution < -0.4 is 5.73 Å². The van der Waals surface area contributed by atoms with Crippen LogP contribution in [0.2, 0.25) is 0 Å². The first kappa shape index (κ1) is 13.5. The maximum Gasteiger partial charge on any atom is 0.123 e. The zero-order valence-electron chi connectivity index (χ0n) is 11.3. The van der Waals surface area contributed by atoms with E-state index in [-0.39, 0.29) is 11.9 Å². The van der Waals surface area contributed by atoms with Crippen LogP contribution >= 0.6 is 0 Å². The standard InChI is InChI=1S/C15H23FN2/c1-3-12-6-7-18(10-12)15(9-17)14-8-13(16)5-4-11(14)2/h4-5,8,12,15H,3,6-7,9-10,17H2,1-2H3. The van der Waals surface area contributed by atoms with E-state index in [1.165, 1.54) is 18.9 Å². The molecule has 1 fully saturated rings. The van der Waals surface area contributed by atoms with Crippen molar-refractivity contribution in [2.24, 2.45) is 11.7 Å². The third kappa shape index (κ3) is 2.73. The molecule has 2 atom stereocenters. The number of likely N-dealkylation sites (tertiary alicyclic amines) is 1. The second kappa shape index (κ2) is 5.81. The van der Waals surface area contributed by atoms with Gasteiger partial charge in [0.15, 0.2) is 0 Å². The molecule has 1 aliphatic rings. The molecule has 0 saturated carbocycles. The highest BCUT2D eigenvalue weighted by atomic mass is 19.1. The van der Waals surface area contributed by atoms with Gasteiger partial charge in [-0.1, -0.05) is 19.4 Å². The Morgan fingerprint density at radius 1 is 1.50 bits per heavy atom. The summed E-state index contributed by atoms with van der Waals surface area (Å²) in [5, 5.41) is 0. The Morgan fingerprint density at radius 2 is 2.28 bits per heavy atom. The zero-order chi connectivity index (χ0) is 13.1. The van der Waals surface area contributed by atoms with Gasteiger partial charge in [0.1, 0.15) is 5.82 Å². The fourth-order valence-electron chi connectivity index (χ4n) is 2.92. The van der Waals surface area contributed by atoms with Crippen LogP contribution in [0, 0.1) is 18.7 Å². The second-order valence-electron chi connectivity index (χ2n) is 5.31. The maximum atomic E-state index is 13.4. The molecule has 1 heterocycles. The average Bonchev–Trinajstić information content (AvgIpc) is 2.83. The van der Waals surface area contributed by atoms with Crippen molar-refractivity contribution in [1.29, 1.82) is 0 Å². The number of nitrogens with zero attached hydrogens (tertiary/aromatic N) is 1. The highest BCUT2D eigenvalue weighted by molar-refractivity contribution is 5.30. The molecule has 3 heteroatoms. The van der Waals surface area contributed by atoms with Crippen LogP contribution in [0.4, 0.5) is 4.39 Å². The lowest BCUT2D eigenvalue weighted by Gasteiger charge is -2.28. The molecule has 0 bridgehead atoms. The predicted molar refractivity (Wildman–Crippen MR) is 72.9 cm³/mol.